The van der Waals surface area contributed by atoms with Crippen molar-refractivity contribution in [3.05, 3.63) is 52.4 Å². The molecule has 1 aromatic carbocycles. The zero-order valence-electron chi connectivity index (χ0n) is 10.8. The number of nitrogens with one attached hydrogen (secondary N) is 1. The van der Waals surface area contributed by atoms with Gasteiger partial charge in [0.15, 0.2) is 0 Å². The fraction of sp³-hybridized carbons (Fsp3) is 0.133. The molecule has 0 aliphatic carbocycles. The van der Waals surface area contributed by atoms with Gasteiger partial charge in [-0.3, -0.25) is 4.79 Å². The molecule has 102 valence electrons. The minimum Gasteiger partial charge on any atom is -0.480 e. The number of rotatable bonds is 4. The summed E-state index contributed by atoms with van der Waals surface area (Å²) in [6.45, 7) is 1.98. The van der Waals surface area contributed by atoms with Crippen molar-refractivity contribution in [1.82, 2.24) is 4.72 Å². The lowest BCUT2D eigenvalue weighted by Gasteiger charge is -1.95. The molecule has 0 bridgehead atoms. The molecule has 1 aromatic heterocycles. The van der Waals surface area contributed by atoms with E-state index in [4.69, 9.17) is 5.11 Å². The molecule has 0 fully saturated rings. The topological polar surface area (TPSA) is 49.3 Å². The number of carboxylic acids is 1. The summed E-state index contributed by atoms with van der Waals surface area (Å²) in [5.74, 6) is 5.36. The summed E-state index contributed by atoms with van der Waals surface area (Å²) in [5.41, 5.74) is 2.21. The van der Waals surface area contributed by atoms with Crippen molar-refractivity contribution in [3.8, 4) is 11.8 Å². The van der Waals surface area contributed by atoms with Gasteiger partial charge in [0.1, 0.15) is 6.54 Å². The van der Waals surface area contributed by atoms with Gasteiger partial charge >= 0.3 is 5.97 Å². The van der Waals surface area contributed by atoms with Crippen LogP contribution < -0.4 is 4.72 Å². The van der Waals surface area contributed by atoms with E-state index in [0.29, 0.717) is 0 Å². The number of carbonyl (C=O) groups is 1. The molecule has 0 saturated heterocycles. The highest BCUT2D eigenvalue weighted by molar-refractivity contribution is 7.99. The van der Waals surface area contributed by atoms with E-state index in [1.54, 1.807) is 11.3 Å². The Bertz CT molecular complexity index is 651. The average Bonchev–Trinajstić information content (AvgIpc) is 2.86. The average molecular weight is 303 g/mol. The highest BCUT2D eigenvalue weighted by atomic mass is 32.2. The van der Waals surface area contributed by atoms with Crippen molar-refractivity contribution in [2.24, 2.45) is 0 Å². The van der Waals surface area contributed by atoms with Crippen LogP contribution in [-0.4, -0.2) is 17.6 Å². The summed E-state index contributed by atoms with van der Waals surface area (Å²) in [5, 5.41) is 8.53. The lowest BCUT2D eigenvalue weighted by atomic mass is 10.1. The Morgan fingerprint density at radius 3 is 2.70 bits per heavy atom. The summed E-state index contributed by atoms with van der Waals surface area (Å²) >= 11 is 2.85. The van der Waals surface area contributed by atoms with E-state index < -0.39 is 5.97 Å². The van der Waals surface area contributed by atoms with Crippen molar-refractivity contribution < 1.29 is 9.90 Å². The molecular weight excluding hydrogens is 290 g/mol. The van der Waals surface area contributed by atoms with Gasteiger partial charge in [-0.05, 0) is 43.1 Å². The third kappa shape index (κ3) is 4.74. The molecule has 0 radical (unpaired) electrons. The van der Waals surface area contributed by atoms with Crippen LogP contribution in [0.5, 0.6) is 0 Å². The molecule has 0 aliphatic heterocycles. The largest absolute Gasteiger partial charge is 0.480 e. The Morgan fingerprint density at radius 1 is 1.25 bits per heavy atom. The molecule has 0 amide bonds. The van der Waals surface area contributed by atoms with Gasteiger partial charge in [-0.1, -0.05) is 29.5 Å². The maximum absolute atomic E-state index is 10.4. The van der Waals surface area contributed by atoms with Crippen LogP contribution >= 0.6 is 23.3 Å². The van der Waals surface area contributed by atoms with Gasteiger partial charge in [-0.15, -0.1) is 11.3 Å². The maximum Gasteiger partial charge on any atom is 0.318 e. The molecule has 0 spiro atoms. The fourth-order valence-corrected chi connectivity index (χ4v) is 3.06. The van der Waals surface area contributed by atoms with Crippen molar-refractivity contribution in [3.63, 3.8) is 0 Å². The zero-order valence-corrected chi connectivity index (χ0v) is 12.5. The SMILES string of the molecule is Cc1ccc(C#Cc2ccc(SNCC(=O)O)s2)cc1. The van der Waals surface area contributed by atoms with Gasteiger partial charge in [0.05, 0.1) is 9.09 Å². The summed E-state index contributed by atoms with van der Waals surface area (Å²) in [6.07, 6.45) is 0. The quantitative estimate of drug-likeness (QED) is 0.673. The van der Waals surface area contributed by atoms with Gasteiger partial charge in [-0.2, -0.15) is 0 Å². The molecule has 1 heterocycles. The van der Waals surface area contributed by atoms with E-state index in [1.807, 2.05) is 43.3 Å². The number of hydrogen-bond acceptors (Lipinski definition) is 4. The number of aryl methyl sites for hydroxylation is 1. The predicted octanol–water partition coefficient (Wildman–Crippen LogP) is 3.14. The second kappa shape index (κ2) is 7.15. The van der Waals surface area contributed by atoms with Crippen molar-refractivity contribution >= 4 is 29.3 Å². The Labute approximate surface area is 126 Å². The Hall–Kier alpha value is -1.74. The molecule has 20 heavy (non-hydrogen) atoms. The van der Waals surface area contributed by atoms with Crippen LogP contribution in [0.2, 0.25) is 0 Å². The summed E-state index contributed by atoms with van der Waals surface area (Å²) < 4.78 is 3.77. The van der Waals surface area contributed by atoms with Crippen LogP contribution in [0.3, 0.4) is 0 Å². The first-order valence-electron chi connectivity index (χ1n) is 5.93. The monoisotopic (exact) mass is 303 g/mol. The first-order chi connectivity index (χ1) is 9.63. The Morgan fingerprint density at radius 2 is 2.00 bits per heavy atom. The standard InChI is InChI=1S/C15H13NO2S2/c1-11-2-4-12(5-3-11)6-7-13-8-9-15(19-13)20-16-10-14(17)18/h2-5,8-9,16H,10H2,1H3,(H,17,18). The second-order valence-electron chi connectivity index (χ2n) is 4.05. The number of thiophene rings is 1. The number of hydrogen-bond donors (Lipinski definition) is 2. The van der Waals surface area contributed by atoms with Crippen LogP contribution in [0.15, 0.2) is 40.6 Å². The van der Waals surface area contributed by atoms with Gasteiger partial charge in [0.25, 0.3) is 0 Å². The summed E-state index contributed by atoms with van der Waals surface area (Å²) in [6, 6.07) is 11.9. The van der Waals surface area contributed by atoms with Crippen LogP contribution in [-0.2, 0) is 4.79 Å². The Balaban J connectivity index is 1.96. The van der Waals surface area contributed by atoms with E-state index in [2.05, 4.69) is 16.6 Å². The lowest BCUT2D eigenvalue weighted by molar-refractivity contribution is -0.135. The smallest absolute Gasteiger partial charge is 0.318 e. The molecule has 0 atom stereocenters. The number of benzene rings is 1. The van der Waals surface area contributed by atoms with Crippen LogP contribution in [0, 0.1) is 18.8 Å². The van der Waals surface area contributed by atoms with Gasteiger partial charge < -0.3 is 5.11 Å². The van der Waals surface area contributed by atoms with E-state index >= 15 is 0 Å². The molecule has 2 aromatic rings. The fourth-order valence-electron chi connectivity index (χ4n) is 1.38. The molecule has 2 N–H and O–H groups in total. The highest BCUT2D eigenvalue weighted by Gasteiger charge is 2.00. The maximum atomic E-state index is 10.4. The van der Waals surface area contributed by atoms with E-state index in [0.717, 1.165) is 14.6 Å². The van der Waals surface area contributed by atoms with E-state index in [9.17, 15) is 4.79 Å². The van der Waals surface area contributed by atoms with Crippen LogP contribution in [0.25, 0.3) is 0 Å². The van der Waals surface area contributed by atoms with Gasteiger partial charge in [0.2, 0.25) is 0 Å². The number of carboxylic acid groups (broad SMARTS) is 1. The molecular formula is C15H13NO2S2. The summed E-state index contributed by atoms with van der Waals surface area (Å²) in [7, 11) is 0. The molecule has 2 rings (SSSR count). The minimum atomic E-state index is -0.867. The van der Waals surface area contributed by atoms with E-state index in [-0.39, 0.29) is 6.54 Å². The van der Waals surface area contributed by atoms with Gasteiger partial charge in [-0.25, -0.2) is 4.72 Å². The van der Waals surface area contributed by atoms with Crippen LogP contribution in [0.1, 0.15) is 16.0 Å². The Kier molecular flexibility index (Phi) is 5.24. The first-order valence-corrected chi connectivity index (χ1v) is 7.57. The minimum absolute atomic E-state index is 0.0626. The molecule has 0 unspecified atom stereocenters. The van der Waals surface area contributed by atoms with Crippen LogP contribution in [0.4, 0.5) is 0 Å². The zero-order chi connectivity index (χ0) is 14.4. The number of aliphatic carboxylic acids is 1. The van der Waals surface area contributed by atoms with Crippen molar-refractivity contribution in [1.29, 1.82) is 0 Å². The van der Waals surface area contributed by atoms with Gasteiger partial charge in [0, 0.05) is 5.56 Å². The second-order valence-corrected chi connectivity index (χ2v) is 6.33. The van der Waals surface area contributed by atoms with Crippen molar-refractivity contribution in [2.45, 2.75) is 11.1 Å². The third-order valence-corrected chi connectivity index (χ3v) is 4.28. The third-order valence-electron chi connectivity index (χ3n) is 2.36. The molecule has 0 saturated carbocycles. The predicted molar refractivity (Wildman–Crippen MR) is 83.0 cm³/mol. The van der Waals surface area contributed by atoms with Crippen molar-refractivity contribution in [2.75, 3.05) is 6.54 Å². The highest BCUT2D eigenvalue weighted by Crippen LogP contribution is 2.24. The lowest BCUT2D eigenvalue weighted by Crippen LogP contribution is -2.14. The molecule has 3 nitrogen and oxygen atoms in total. The van der Waals surface area contributed by atoms with E-state index in [1.165, 1.54) is 17.5 Å². The normalized spacial score (nSPS) is 9.85. The molecule has 5 heteroatoms. The first kappa shape index (κ1) is 14.7. The molecule has 0 aliphatic rings. The summed E-state index contributed by atoms with van der Waals surface area (Å²) in [4.78, 5) is 11.3.